The molecule has 0 spiro atoms. The molecule has 1 atom stereocenters. The maximum Gasteiger partial charge on any atom is 0.347 e. The van der Waals surface area contributed by atoms with Gasteiger partial charge in [0.15, 0.2) is 23.6 Å². The monoisotopic (exact) mass is 436 g/mol. The Balaban J connectivity index is 1.96. The Kier molecular flexibility index (Phi) is 6.37. The van der Waals surface area contributed by atoms with Crippen molar-refractivity contribution in [1.29, 1.82) is 0 Å². The highest BCUT2D eigenvalue weighted by atomic mass is 19.1. The van der Waals surface area contributed by atoms with Crippen LogP contribution in [0.2, 0.25) is 0 Å². The van der Waals surface area contributed by atoms with Gasteiger partial charge < -0.3 is 20.5 Å². The van der Waals surface area contributed by atoms with Crippen LogP contribution in [0.15, 0.2) is 28.8 Å². The number of hydrogen-bond acceptors (Lipinski definition) is 10. The van der Waals surface area contributed by atoms with Crippen LogP contribution in [0.1, 0.15) is 6.42 Å². The molecule has 1 unspecified atom stereocenters. The molecule has 2 aromatic rings. The molecule has 1 aromatic heterocycles. The molecule has 1 aromatic carbocycles. The number of hydrogen-bond donors (Lipinski definition) is 2. The van der Waals surface area contributed by atoms with E-state index >= 15 is 0 Å². The quantitative estimate of drug-likeness (QED) is 0.272. The number of carbonyl (C=O) groups is 2. The third-order valence-electron chi connectivity index (χ3n) is 4.04. The van der Waals surface area contributed by atoms with E-state index in [0.29, 0.717) is 12.8 Å². The predicted molar refractivity (Wildman–Crippen MR) is 103 cm³/mol. The number of esters is 1. The lowest BCUT2D eigenvalue weighted by Gasteiger charge is -2.20. The molecule has 3 rings (SSSR count). The Morgan fingerprint density at radius 2 is 2.10 bits per heavy atom. The summed E-state index contributed by atoms with van der Waals surface area (Å²) in [6.45, 7) is 0.184. The number of nitrogens with two attached hydrogens (primary N) is 1. The van der Waals surface area contributed by atoms with Gasteiger partial charge in [0.05, 0.1) is 18.5 Å². The van der Waals surface area contributed by atoms with Gasteiger partial charge in [0.1, 0.15) is 11.4 Å². The first-order valence-electron chi connectivity index (χ1n) is 8.83. The minimum atomic E-state index is -0.917. The number of cyclic esters (lactones) is 1. The smallest absolute Gasteiger partial charge is 0.347 e. The van der Waals surface area contributed by atoms with Gasteiger partial charge in [-0.15, -0.1) is 0 Å². The van der Waals surface area contributed by atoms with Crippen LogP contribution in [0, 0.1) is 11.6 Å². The van der Waals surface area contributed by atoms with Crippen LogP contribution in [0.25, 0.3) is 0 Å². The van der Waals surface area contributed by atoms with E-state index in [1.54, 1.807) is 0 Å². The number of ether oxygens (including phenoxy) is 2. The molecule has 164 valence electrons. The molecule has 2 heterocycles. The first kappa shape index (κ1) is 21.6. The molecule has 0 radical (unpaired) electrons. The molecule has 1 aliphatic rings. The Morgan fingerprint density at radius 1 is 1.32 bits per heavy atom. The summed E-state index contributed by atoms with van der Waals surface area (Å²) in [5, 5.41) is 12.1. The van der Waals surface area contributed by atoms with Gasteiger partial charge in [0, 0.05) is 26.6 Å². The fourth-order valence-electron chi connectivity index (χ4n) is 2.48. The number of nitrogens with zero attached hydrogens (tertiary/aromatic N) is 6. The molecule has 0 aliphatic carbocycles. The highest BCUT2D eigenvalue weighted by Crippen LogP contribution is 2.36. The average molecular weight is 436 g/mol. The zero-order chi connectivity index (χ0) is 22.5. The highest BCUT2D eigenvalue weighted by Gasteiger charge is 2.30. The topological polar surface area (TPSA) is 148 Å². The van der Waals surface area contributed by atoms with E-state index in [4.69, 9.17) is 15.2 Å². The molecule has 1 saturated heterocycles. The molecule has 3 N–H and O–H groups in total. The van der Waals surface area contributed by atoms with E-state index in [9.17, 15) is 18.4 Å². The largest absolute Gasteiger partial charge is 0.476 e. The molecule has 1 amide bonds. The van der Waals surface area contributed by atoms with Crippen molar-refractivity contribution in [1.82, 2.24) is 15.0 Å². The van der Waals surface area contributed by atoms with Crippen LogP contribution in [0.3, 0.4) is 0 Å². The van der Waals surface area contributed by atoms with Crippen molar-refractivity contribution in [3.05, 3.63) is 30.0 Å². The van der Waals surface area contributed by atoms with Gasteiger partial charge in [-0.2, -0.15) is 4.98 Å². The summed E-state index contributed by atoms with van der Waals surface area (Å²) < 4.78 is 38.5. The van der Waals surface area contributed by atoms with Crippen molar-refractivity contribution < 1.29 is 27.8 Å². The molecule has 31 heavy (non-hydrogen) atoms. The summed E-state index contributed by atoms with van der Waals surface area (Å²) >= 11 is 0. The van der Waals surface area contributed by atoms with Crippen LogP contribution in [-0.4, -0.2) is 54.2 Å². The molecule has 0 bridgehead atoms. The molecule has 0 saturated carbocycles. The van der Waals surface area contributed by atoms with Gasteiger partial charge >= 0.3 is 5.97 Å². The third kappa shape index (κ3) is 5.09. The van der Waals surface area contributed by atoms with Crippen molar-refractivity contribution in [2.45, 2.75) is 12.5 Å². The lowest BCUT2D eigenvalue weighted by Crippen LogP contribution is -2.23. The highest BCUT2D eigenvalue weighted by molar-refractivity contribution is 5.77. The number of carbonyl (C=O) groups excluding carboxylic acids is 2. The van der Waals surface area contributed by atoms with E-state index < -0.39 is 29.5 Å². The molecular weight excluding hydrogens is 418 g/mol. The zero-order valence-corrected chi connectivity index (χ0v) is 16.5. The SMILES string of the molecule is CN(C=O)/N=N\N(C)c1cc(Nc2ncc(F)c(N)n2)c(F)cc1OC1CCOC1=O. The lowest BCUT2D eigenvalue weighted by atomic mass is 10.2. The molecule has 12 nitrogen and oxygen atoms in total. The van der Waals surface area contributed by atoms with E-state index in [-0.39, 0.29) is 29.7 Å². The van der Waals surface area contributed by atoms with Gasteiger partial charge in [0.25, 0.3) is 0 Å². The number of aromatic nitrogens is 2. The van der Waals surface area contributed by atoms with E-state index in [2.05, 4.69) is 25.7 Å². The summed E-state index contributed by atoms with van der Waals surface area (Å²) in [5.74, 6) is -2.77. The van der Waals surface area contributed by atoms with Crippen LogP contribution < -0.4 is 20.8 Å². The molecule has 1 aliphatic heterocycles. The van der Waals surface area contributed by atoms with Gasteiger partial charge in [-0.25, -0.2) is 28.6 Å². The Bertz CT molecular complexity index is 1020. The predicted octanol–water partition coefficient (Wildman–Crippen LogP) is 1.58. The van der Waals surface area contributed by atoms with Crippen molar-refractivity contribution in [3.8, 4) is 5.75 Å². The number of amides is 1. The maximum atomic E-state index is 14.8. The summed E-state index contributed by atoms with van der Waals surface area (Å²) in [6, 6.07) is 2.30. The maximum absolute atomic E-state index is 14.8. The number of rotatable bonds is 8. The Hall–Kier alpha value is -4.10. The van der Waals surface area contributed by atoms with Crippen molar-refractivity contribution in [2.75, 3.05) is 36.8 Å². The van der Waals surface area contributed by atoms with Gasteiger partial charge in [0.2, 0.25) is 12.4 Å². The first-order valence-corrected chi connectivity index (χ1v) is 8.83. The fourth-order valence-corrected chi connectivity index (χ4v) is 2.48. The van der Waals surface area contributed by atoms with Crippen molar-refractivity contribution in [3.63, 3.8) is 0 Å². The molecule has 1 fully saturated rings. The minimum absolute atomic E-state index is 0.0263. The van der Waals surface area contributed by atoms with E-state index in [1.165, 1.54) is 25.2 Å². The van der Waals surface area contributed by atoms with Crippen LogP contribution in [-0.2, 0) is 14.3 Å². The van der Waals surface area contributed by atoms with Crippen LogP contribution in [0.5, 0.6) is 5.75 Å². The number of nitrogen functional groups attached to an aromatic ring is 1. The fraction of sp³-hybridized carbons (Fsp3) is 0.294. The van der Waals surface area contributed by atoms with Gasteiger partial charge in [-0.05, 0) is 16.5 Å². The summed E-state index contributed by atoms with van der Waals surface area (Å²) in [7, 11) is 2.83. The number of anilines is 4. The summed E-state index contributed by atoms with van der Waals surface area (Å²) in [4.78, 5) is 29.8. The summed E-state index contributed by atoms with van der Waals surface area (Å²) in [6.07, 6.45) is 0.640. The Morgan fingerprint density at radius 3 is 2.74 bits per heavy atom. The van der Waals surface area contributed by atoms with Crippen molar-refractivity contribution >= 4 is 35.5 Å². The molecule has 14 heteroatoms. The zero-order valence-electron chi connectivity index (χ0n) is 16.5. The van der Waals surface area contributed by atoms with Crippen molar-refractivity contribution in [2.24, 2.45) is 10.4 Å². The second-order valence-corrected chi connectivity index (χ2v) is 6.30. The van der Waals surface area contributed by atoms with Crippen LogP contribution >= 0.6 is 0 Å². The number of nitrogens with one attached hydrogen (secondary N) is 1. The minimum Gasteiger partial charge on any atom is -0.476 e. The van der Waals surface area contributed by atoms with E-state index in [0.717, 1.165) is 17.3 Å². The molecular formula is C17H18F2N8O4. The van der Waals surface area contributed by atoms with Crippen LogP contribution in [0.4, 0.5) is 31.9 Å². The third-order valence-corrected chi connectivity index (χ3v) is 4.04. The first-order chi connectivity index (χ1) is 14.8. The number of benzene rings is 1. The number of halogens is 2. The summed E-state index contributed by atoms with van der Waals surface area (Å²) in [5.41, 5.74) is 5.47. The average Bonchev–Trinajstić information content (AvgIpc) is 3.14. The second kappa shape index (κ2) is 9.15. The lowest BCUT2D eigenvalue weighted by molar-refractivity contribution is -0.143. The Labute approximate surface area is 174 Å². The van der Waals surface area contributed by atoms with Gasteiger partial charge in [-0.3, -0.25) is 4.79 Å². The van der Waals surface area contributed by atoms with Gasteiger partial charge in [-0.1, -0.05) is 0 Å². The standard InChI is InChI=1S/C17H18F2N8O4/c1-26(8-28)24-25-27(2)12-6-11(22-17-21-7-10(19)15(20)23-17)9(18)5-14(12)31-13-3-4-30-16(13)29/h5-8,13H,3-4H2,1-2H3,(H3,20,21,22,23)/b25-24-. The normalized spacial score (nSPS) is 15.6. The second-order valence-electron chi connectivity index (χ2n) is 6.30. The van der Waals surface area contributed by atoms with E-state index in [1.807, 2.05) is 0 Å².